The molecule has 2 aromatic carbocycles. The van der Waals surface area contributed by atoms with Crippen LogP contribution in [-0.2, 0) is 11.3 Å². The van der Waals surface area contributed by atoms with E-state index in [1.54, 1.807) is 24.3 Å². The fourth-order valence-corrected chi connectivity index (χ4v) is 3.66. The summed E-state index contributed by atoms with van der Waals surface area (Å²) in [4.78, 5) is 38.7. The predicted octanol–water partition coefficient (Wildman–Crippen LogP) is 3.79. The summed E-state index contributed by atoms with van der Waals surface area (Å²) in [5.41, 5.74) is 2.10. The van der Waals surface area contributed by atoms with Gasteiger partial charge in [-0.3, -0.25) is 14.4 Å². The molecule has 6 nitrogen and oxygen atoms in total. The highest BCUT2D eigenvalue weighted by Crippen LogP contribution is 2.14. The van der Waals surface area contributed by atoms with Gasteiger partial charge in [-0.1, -0.05) is 23.7 Å². The molecule has 0 aromatic heterocycles. The summed E-state index contributed by atoms with van der Waals surface area (Å²) >= 11 is 5.82. The first-order chi connectivity index (χ1) is 15.0. The predicted molar refractivity (Wildman–Crippen MR) is 121 cm³/mol. The van der Waals surface area contributed by atoms with Crippen LogP contribution in [0.15, 0.2) is 48.5 Å². The Bertz CT molecular complexity index is 909. The minimum absolute atomic E-state index is 0.0595. The Morgan fingerprint density at radius 3 is 2.39 bits per heavy atom. The standard InChI is InChI=1S/C24H28ClN3O3/c25-21-11-9-19(10-12-21)23(30)26-13-5-8-22(29)27-17-18-6-4-7-20(16-18)24(31)28-14-2-1-3-15-28/h4,6-7,9-12,16H,1-3,5,8,13-15,17H2,(H,26,30)(H,27,29). The van der Waals surface area contributed by atoms with Gasteiger partial charge in [-0.25, -0.2) is 0 Å². The van der Waals surface area contributed by atoms with E-state index >= 15 is 0 Å². The first-order valence-electron chi connectivity index (χ1n) is 10.7. The van der Waals surface area contributed by atoms with Crippen LogP contribution in [0.2, 0.25) is 5.02 Å². The Labute approximate surface area is 188 Å². The molecule has 0 aliphatic carbocycles. The normalized spacial score (nSPS) is 13.5. The molecule has 31 heavy (non-hydrogen) atoms. The van der Waals surface area contributed by atoms with Crippen molar-refractivity contribution in [1.82, 2.24) is 15.5 Å². The van der Waals surface area contributed by atoms with Crippen molar-refractivity contribution in [2.24, 2.45) is 0 Å². The lowest BCUT2D eigenvalue weighted by atomic mass is 10.1. The summed E-state index contributed by atoms with van der Waals surface area (Å²) in [6.45, 7) is 2.41. The number of carbonyl (C=O) groups excluding carboxylic acids is 3. The van der Waals surface area contributed by atoms with E-state index in [0.717, 1.165) is 31.5 Å². The second kappa shape index (κ2) is 11.5. The molecule has 7 heteroatoms. The van der Waals surface area contributed by atoms with Crippen LogP contribution in [0.3, 0.4) is 0 Å². The van der Waals surface area contributed by atoms with E-state index in [9.17, 15) is 14.4 Å². The highest BCUT2D eigenvalue weighted by Gasteiger charge is 2.18. The number of hydrogen-bond donors (Lipinski definition) is 2. The van der Waals surface area contributed by atoms with Crippen LogP contribution in [0.4, 0.5) is 0 Å². The summed E-state index contributed by atoms with van der Waals surface area (Å²) < 4.78 is 0. The SMILES string of the molecule is O=C(CCCNC(=O)c1ccc(Cl)cc1)NCc1cccc(C(=O)N2CCCCC2)c1. The lowest BCUT2D eigenvalue weighted by molar-refractivity contribution is -0.121. The zero-order chi connectivity index (χ0) is 22.1. The molecule has 3 amide bonds. The van der Waals surface area contributed by atoms with Crippen LogP contribution in [0, 0.1) is 0 Å². The third kappa shape index (κ3) is 7.10. The summed E-state index contributed by atoms with van der Waals surface area (Å²) in [5.74, 6) is -0.218. The van der Waals surface area contributed by atoms with Gasteiger partial charge >= 0.3 is 0 Å². The zero-order valence-electron chi connectivity index (χ0n) is 17.5. The van der Waals surface area contributed by atoms with Gasteiger partial charge in [0.05, 0.1) is 0 Å². The number of rotatable bonds is 8. The van der Waals surface area contributed by atoms with Gasteiger partial charge in [-0.2, -0.15) is 0 Å². The number of likely N-dealkylation sites (tertiary alicyclic amines) is 1. The summed E-state index contributed by atoms with van der Waals surface area (Å²) in [7, 11) is 0. The van der Waals surface area contributed by atoms with Crippen molar-refractivity contribution in [1.29, 1.82) is 0 Å². The molecular formula is C24H28ClN3O3. The van der Waals surface area contributed by atoms with Crippen molar-refractivity contribution >= 4 is 29.3 Å². The molecule has 0 saturated carbocycles. The molecule has 1 aliphatic heterocycles. The third-order valence-electron chi connectivity index (χ3n) is 5.28. The number of piperidine rings is 1. The number of nitrogens with zero attached hydrogens (tertiary/aromatic N) is 1. The quantitative estimate of drug-likeness (QED) is 0.612. The van der Waals surface area contributed by atoms with Crippen LogP contribution in [0.1, 0.15) is 58.4 Å². The molecular weight excluding hydrogens is 414 g/mol. The third-order valence-corrected chi connectivity index (χ3v) is 5.53. The second-order valence-corrected chi connectivity index (χ2v) is 8.13. The Morgan fingerprint density at radius 1 is 0.903 bits per heavy atom. The Hall–Kier alpha value is -2.86. The molecule has 0 unspecified atom stereocenters. The van der Waals surface area contributed by atoms with Gasteiger partial charge < -0.3 is 15.5 Å². The maximum atomic E-state index is 12.6. The summed E-state index contributed by atoms with van der Waals surface area (Å²) in [6.07, 6.45) is 4.15. The maximum Gasteiger partial charge on any atom is 0.253 e. The number of benzene rings is 2. The summed E-state index contributed by atoms with van der Waals surface area (Å²) in [6, 6.07) is 14.1. The van der Waals surface area contributed by atoms with Gasteiger partial charge in [0.25, 0.3) is 11.8 Å². The number of amides is 3. The fourth-order valence-electron chi connectivity index (χ4n) is 3.54. The van der Waals surface area contributed by atoms with Gasteiger partial charge in [-0.15, -0.1) is 0 Å². The van der Waals surface area contributed by atoms with E-state index in [0.29, 0.717) is 42.1 Å². The van der Waals surface area contributed by atoms with Gasteiger partial charge in [0.2, 0.25) is 5.91 Å². The lowest BCUT2D eigenvalue weighted by Gasteiger charge is -2.26. The minimum atomic E-state index is -0.188. The van der Waals surface area contributed by atoms with E-state index < -0.39 is 0 Å². The van der Waals surface area contributed by atoms with Crippen LogP contribution >= 0.6 is 11.6 Å². The molecule has 2 N–H and O–H groups in total. The van der Waals surface area contributed by atoms with E-state index in [1.807, 2.05) is 29.2 Å². The molecule has 0 bridgehead atoms. The second-order valence-electron chi connectivity index (χ2n) is 7.70. The fraction of sp³-hybridized carbons (Fsp3) is 0.375. The van der Waals surface area contributed by atoms with E-state index in [2.05, 4.69) is 10.6 Å². The van der Waals surface area contributed by atoms with Crippen molar-refractivity contribution in [2.45, 2.75) is 38.6 Å². The van der Waals surface area contributed by atoms with Crippen molar-refractivity contribution in [3.8, 4) is 0 Å². The lowest BCUT2D eigenvalue weighted by Crippen LogP contribution is -2.35. The van der Waals surface area contributed by atoms with Crippen molar-refractivity contribution < 1.29 is 14.4 Å². The first kappa shape index (κ1) is 22.8. The Morgan fingerprint density at radius 2 is 1.65 bits per heavy atom. The average Bonchev–Trinajstić information content (AvgIpc) is 2.81. The molecule has 0 atom stereocenters. The van der Waals surface area contributed by atoms with E-state index in [4.69, 9.17) is 11.6 Å². The molecule has 3 rings (SSSR count). The van der Waals surface area contributed by atoms with E-state index in [-0.39, 0.29) is 17.7 Å². The number of hydrogen-bond acceptors (Lipinski definition) is 3. The highest BCUT2D eigenvalue weighted by molar-refractivity contribution is 6.30. The molecule has 0 radical (unpaired) electrons. The summed E-state index contributed by atoms with van der Waals surface area (Å²) in [5, 5.41) is 6.25. The molecule has 1 heterocycles. The van der Waals surface area contributed by atoms with Crippen LogP contribution in [0.25, 0.3) is 0 Å². The molecule has 1 aliphatic rings. The Kier molecular flexibility index (Phi) is 8.47. The van der Waals surface area contributed by atoms with Gasteiger partial charge in [0.1, 0.15) is 0 Å². The number of halogens is 1. The van der Waals surface area contributed by atoms with Crippen LogP contribution in [-0.4, -0.2) is 42.3 Å². The highest BCUT2D eigenvalue weighted by atomic mass is 35.5. The maximum absolute atomic E-state index is 12.6. The molecule has 1 fully saturated rings. The van der Waals surface area contributed by atoms with Gasteiger partial charge in [0, 0.05) is 48.7 Å². The number of nitrogens with one attached hydrogen (secondary N) is 2. The van der Waals surface area contributed by atoms with Crippen molar-refractivity contribution in [3.63, 3.8) is 0 Å². The number of carbonyl (C=O) groups is 3. The van der Waals surface area contributed by atoms with Crippen LogP contribution < -0.4 is 10.6 Å². The smallest absolute Gasteiger partial charge is 0.253 e. The van der Waals surface area contributed by atoms with Gasteiger partial charge in [-0.05, 0) is 67.6 Å². The van der Waals surface area contributed by atoms with E-state index in [1.165, 1.54) is 6.42 Å². The molecule has 164 valence electrons. The largest absolute Gasteiger partial charge is 0.352 e. The molecule has 0 spiro atoms. The molecule has 1 saturated heterocycles. The molecule has 2 aromatic rings. The van der Waals surface area contributed by atoms with Crippen LogP contribution in [0.5, 0.6) is 0 Å². The van der Waals surface area contributed by atoms with Gasteiger partial charge in [0.15, 0.2) is 0 Å². The average molecular weight is 442 g/mol. The Balaban J connectivity index is 1.38. The first-order valence-corrected chi connectivity index (χ1v) is 11.1. The monoisotopic (exact) mass is 441 g/mol. The topological polar surface area (TPSA) is 78.5 Å². The minimum Gasteiger partial charge on any atom is -0.352 e. The van der Waals surface area contributed by atoms with Crippen molar-refractivity contribution in [2.75, 3.05) is 19.6 Å². The van der Waals surface area contributed by atoms with Crippen molar-refractivity contribution in [3.05, 3.63) is 70.2 Å². The zero-order valence-corrected chi connectivity index (χ0v) is 18.3.